The zero-order valence-corrected chi connectivity index (χ0v) is 12.4. The highest BCUT2D eigenvalue weighted by Gasteiger charge is 2.39. The van der Waals surface area contributed by atoms with Gasteiger partial charge in [0.05, 0.1) is 19.8 Å². The summed E-state index contributed by atoms with van der Waals surface area (Å²) in [5, 5.41) is 0. The van der Waals surface area contributed by atoms with Gasteiger partial charge in [0.25, 0.3) is 5.91 Å². The fourth-order valence-corrected chi connectivity index (χ4v) is 4.12. The molecule has 0 unspecified atom stereocenters. The van der Waals surface area contributed by atoms with Crippen LogP contribution in [0.5, 0.6) is 0 Å². The van der Waals surface area contributed by atoms with Gasteiger partial charge in [-0.25, -0.2) is 0 Å². The van der Waals surface area contributed by atoms with E-state index in [1.165, 1.54) is 44.9 Å². The minimum atomic E-state index is -0.357. The molecule has 114 valence electrons. The summed E-state index contributed by atoms with van der Waals surface area (Å²) in [6.45, 7) is 3.46. The van der Waals surface area contributed by atoms with E-state index >= 15 is 0 Å². The average Bonchev–Trinajstić information content (AvgIpc) is 2.73. The van der Waals surface area contributed by atoms with Crippen LogP contribution in [0.2, 0.25) is 0 Å². The number of rotatable bonds is 1. The molecule has 0 radical (unpaired) electrons. The molecule has 2 saturated heterocycles. The average molecular weight is 281 g/mol. The van der Waals surface area contributed by atoms with Crippen LogP contribution in [0.15, 0.2) is 0 Å². The number of piperidine rings is 1. The van der Waals surface area contributed by atoms with Crippen molar-refractivity contribution in [3.63, 3.8) is 0 Å². The van der Waals surface area contributed by atoms with Crippen LogP contribution in [-0.4, -0.2) is 49.8 Å². The molecule has 3 fully saturated rings. The third-order valence-corrected chi connectivity index (χ3v) is 5.23. The van der Waals surface area contributed by atoms with E-state index in [1.807, 2.05) is 0 Å². The lowest BCUT2D eigenvalue weighted by Gasteiger charge is -2.44. The van der Waals surface area contributed by atoms with Crippen LogP contribution in [0.25, 0.3) is 0 Å². The molecule has 1 atom stereocenters. The molecule has 2 aliphatic heterocycles. The Morgan fingerprint density at radius 3 is 2.45 bits per heavy atom. The molecule has 4 nitrogen and oxygen atoms in total. The van der Waals surface area contributed by atoms with E-state index in [0.29, 0.717) is 25.2 Å². The summed E-state index contributed by atoms with van der Waals surface area (Å²) < 4.78 is 11.0. The summed E-state index contributed by atoms with van der Waals surface area (Å²) in [4.78, 5) is 14.6. The molecule has 0 aromatic rings. The normalized spacial score (nSPS) is 31.0. The predicted molar refractivity (Wildman–Crippen MR) is 76.5 cm³/mol. The maximum Gasteiger partial charge on any atom is 0.254 e. The van der Waals surface area contributed by atoms with Gasteiger partial charge >= 0.3 is 0 Å². The fraction of sp³-hybridized carbons (Fsp3) is 0.938. The Balaban J connectivity index is 1.63. The number of hydrogen-bond acceptors (Lipinski definition) is 3. The maximum atomic E-state index is 12.6. The van der Waals surface area contributed by atoms with E-state index in [0.717, 1.165) is 19.5 Å². The van der Waals surface area contributed by atoms with Gasteiger partial charge in [0.15, 0.2) is 6.10 Å². The highest BCUT2D eigenvalue weighted by atomic mass is 16.6. The Kier molecular flexibility index (Phi) is 4.61. The van der Waals surface area contributed by atoms with Crippen LogP contribution >= 0.6 is 0 Å². The summed E-state index contributed by atoms with van der Waals surface area (Å²) in [5.41, 5.74) is 0.403. The van der Waals surface area contributed by atoms with Crippen LogP contribution in [-0.2, 0) is 14.3 Å². The number of amides is 1. The zero-order valence-electron chi connectivity index (χ0n) is 12.4. The van der Waals surface area contributed by atoms with Crippen LogP contribution in [0, 0.1) is 5.41 Å². The van der Waals surface area contributed by atoms with Gasteiger partial charge in [-0.2, -0.15) is 0 Å². The molecule has 1 amide bonds. The molecule has 1 saturated carbocycles. The number of likely N-dealkylation sites (tertiary alicyclic amines) is 1. The lowest BCUT2D eigenvalue weighted by Crippen LogP contribution is -2.51. The quantitative estimate of drug-likeness (QED) is 0.740. The third-order valence-electron chi connectivity index (χ3n) is 5.23. The first kappa shape index (κ1) is 14.3. The number of hydrogen-bond donors (Lipinski definition) is 0. The van der Waals surface area contributed by atoms with E-state index in [2.05, 4.69) is 4.90 Å². The Morgan fingerprint density at radius 1 is 1.00 bits per heavy atom. The Morgan fingerprint density at radius 2 is 1.75 bits per heavy atom. The van der Waals surface area contributed by atoms with Gasteiger partial charge < -0.3 is 14.4 Å². The van der Waals surface area contributed by atoms with E-state index in [9.17, 15) is 4.79 Å². The summed E-state index contributed by atoms with van der Waals surface area (Å²) in [6, 6.07) is 0. The lowest BCUT2D eigenvalue weighted by molar-refractivity contribution is -0.161. The molecular weight excluding hydrogens is 254 g/mol. The van der Waals surface area contributed by atoms with Gasteiger partial charge in [-0.15, -0.1) is 0 Å². The largest absolute Gasteiger partial charge is 0.376 e. The third kappa shape index (κ3) is 3.17. The van der Waals surface area contributed by atoms with Crippen molar-refractivity contribution >= 4 is 5.91 Å². The fourth-order valence-electron chi connectivity index (χ4n) is 4.12. The maximum absolute atomic E-state index is 12.6. The summed E-state index contributed by atoms with van der Waals surface area (Å²) in [5.74, 6) is 0.160. The molecule has 3 aliphatic rings. The summed E-state index contributed by atoms with van der Waals surface area (Å²) in [7, 11) is 0. The molecule has 2 heterocycles. The van der Waals surface area contributed by atoms with E-state index in [-0.39, 0.29) is 12.0 Å². The first-order chi connectivity index (χ1) is 9.79. The van der Waals surface area contributed by atoms with Gasteiger partial charge in [-0.1, -0.05) is 25.7 Å². The predicted octanol–water partition coefficient (Wildman–Crippen LogP) is 2.36. The molecular formula is C16H27NO3. The second kappa shape index (κ2) is 6.44. The minimum absolute atomic E-state index is 0.160. The molecule has 0 aromatic carbocycles. The zero-order chi connectivity index (χ0) is 13.8. The number of ether oxygens (including phenoxy) is 2. The standard InChI is InChI=1S/C16H27NO3/c18-15(14-12-19-10-11-20-14)17-9-5-8-16(13-17)6-3-1-2-4-7-16/h14H,1-13H2/t14-/m0/s1. The van der Waals surface area contributed by atoms with E-state index in [1.54, 1.807) is 0 Å². The van der Waals surface area contributed by atoms with Gasteiger partial charge in [-0.3, -0.25) is 4.79 Å². The first-order valence-corrected chi connectivity index (χ1v) is 8.27. The molecule has 20 heavy (non-hydrogen) atoms. The van der Waals surface area contributed by atoms with Crippen molar-refractivity contribution in [3.05, 3.63) is 0 Å². The minimum Gasteiger partial charge on any atom is -0.376 e. The number of carbonyl (C=O) groups excluding carboxylic acids is 1. The van der Waals surface area contributed by atoms with Crippen molar-refractivity contribution < 1.29 is 14.3 Å². The SMILES string of the molecule is O=C([C@@H]1COCCO1)N1CCCC2(CCCCCC2)C1. The van der Waals surface area contributed by atoms with Crippen molar-refractivity contribution in [2.24, 2.45) is 5.41 Å². The molecule has 4 heteroatoms. The Bertz CT molecular complexity index is 331. The molecule has 1 aliphatic carbocycles. The topological polar surface area (TPSA) is 38.8 Å². The van der Waals surface area contributed by atoms with Crippen molar-refractivity contribution in [1.82, 2.24) is 4.90 Å². The number of carbonyl (C=O) groups is 1. The Labute approximate surface area is 121 Å². The van der Waals surface area contributed by atoms with Crippen LogP contribution < -0.4 is 0 Å². The Hall–Kier alpha value is -0.610. The monoisotopic (exact) mass is 281 g/mol. The molecule has 0 aromatic heterocycles. The highest BCUT2D eigenvalue weighted by molar-refractivity contribution is 5.81. The molecule has 3 rings (SSSR count). The van der Waals surface area contributed by atoms with Crippen LogP contribution in [0.4, 0.5) is 0 Å². The number of nitrogens with zero attached hydrogens (tertiary/aromatic N) is 1. The summed E-state index contributed by atoms with van der Waals surface area (Å²) in [6.07, 6.45) is 10.1. The first-order valence-electron chi connectivity index (χ1n) is 8.27. The second-order valence-electron chi connectivity index (χ2n) is 6.71. The molecule has 0 bridgehead atoms. The summed E-state index contributed by atoms with van der Waals surface area (Å²) >= 11 is 0. The highest BCUT2D eigenvalue weighted by Crippen LogP contribution is 2.42. The van der Waals surface area contributed by atoms with Gasteiger partial charge in [0, 0.05) is 13.1 Å². The van der Waals surface area contributed by atoms with Crippen molar-refractivity contribution in [2.75, 3.05) is 32.9 Å². The lowest BCUT2D eigenvalue weighted by atomic mass is 9.74. The smallest absolute Gasteiger partial charge is 0.254 e. The van der Waals surface area contributed by atoms with Gasteiger partial charge in [0.1, 0.15) is 0 Å². The van der Waals surface area contributed by atoms with Crippen LogP contribution in [0.1, 0.15) is 51.4 Å². The van der Waals surface area contributed by atoms with Crippen molar-refractivity contribution in [3.8, 4) is 0 Å². The second-order valence-corrected chi connectivity index (χ2v) is 6.71. The molecule has 1 spiro atoms. The van der Waals surface area contributed by atoms with Crippen LogP contribution in [0.3, 0.4) is 0 Å². The molecule has 0 N–H and O–H groups in total. The van der Waals surface area contributed by atoms with Gasteiger partial charge in [-0.05, 0) is 31.1 Å². The van der Waals surface area contributed by atoms with Crippen molar-refractivity contribution in [2.45, 2.75) is 57.5 Å². The van der Waals surface area contributed by atoms with Gasteiger partial charge in [0.2, 0.25) is 0 Å². The van der Waals surface area contributed by atoms with E-state index in [4.69, 9.17) is 9.47 Å². The van der Waals surface area contributed by atoms with Crippen molar-refractivity contribution in [1.29, 1.82) is 0 Å². The van der Waals surface area contributed by atoms with E-state index < -0.39 is 0 Å².